The van der Waals surface area contributed by atoms with E-state index in [0.717, 1.165) is 10.7 Å². The van der Waals surface area contributed by atoms with Crippen LogP contribution in [0.4, 0.5) is 13.2 Å². The van der Waals surface area contributed by atoms with Gasteiger partial charge in [-0.2, -0.15) is 18.3 Å². The minimum atomic E-state index is -4.35. The summed E-state index contributed by atoms with van der Waals surface area (Å²) in [6.07, 6.45) is -2.00. The number of nitrogens with zero attached hydrogens (tertiary/aromatic N) is 2. The molecule has 1 rings (SSSR count). The molecule has 1 aromatic rings. The third-order valence-corrected chi connectivity index (χ3v) is 1.17. The summed E-state index contributed by atoms with van der Waals surface area (Å²) in [4.78, 5) is 0. The van der Waals surface area contributed by atoms with Crippen LogP contribution in [0.2, 0.25) is 0 Å². The summed E-state index contributed by atoms with van der Waals surface area (Å²) in [7, 11) is 0. The zero-order valence-electron chi connectivity index (χ0n) is 5.81. The first-order valence-electron chi connectivity index (χ1n) is 3.06. The maximum atomic E-state index is 11.8. The van der Waals surface area contributed by atoms with Gasteiger partial charge in [-0.25, -0.2) is 0 Å². The van der Waals surface area contributed by atoms with E-state index in [0.29, 0.717) is 6.54 Å². The van der Waals surface area contributed by atoms with Gasteiger partial charge in [-0.3, -0.25) is 4.68 Å². The Morgan fingerprint density at radius 2 is 2.27 bits per heavy atom. The largest absolute Gasteiger partial charge is 0.435 e. The molecule has 5 heteroatoms. The minimum absolute atomic E-state index is 0.399. The predicted molar refractivity (Wildman–Crippen MR) is 31.7 cm³/mol. The number of hydrogen-bond donors (Lipinski definition) is 0. The fourth-order valence-electron chi connectivity index (χ4n) is 0.624. The van der Waals surface area contributed by atoms with Gasteiger partial charge in [0.25, 0.3) is 0 Å². The Labute approximate surface area is 61.6 Å². The van der Waals surface area contributed by atoms with Crippen molar-refractivity contribution < 1.29 is 13.2 Å². The smallest absolute Gasteiger partial charge is 0.263 e. The van der Waals surface area contributed by atoms with E-state index >= 15 is 0 Å². The number of aryl methyl sites for hydroxylation is 1. The SMILES string of the molecule is CCn1[c]cc(C(F)(F)F)n1. The summed E-state index contributed by atoms with van der Waals surface area (Å²) in [5.74, 6) is 0. The van der Waals surface area contributed by atoms with Gasteiger partial charge in [-0.15, -0.1) is 0 Å². The summed E-state index contributed by atoms with van der Waals surface area (Å²) in [5.41, 5.74) is -0.889. The van der Waals surface area contributed by atoms with Crippen LogP contribution in [0.25, 0.3) is 0 Å². The number of aromatic nitrogens is 2. The lowest BCUT2D eigenvalue weighted by atomic mass is 10.4. The van der Waals surface area contributed by atoms with Crippen LogP contribution in [0.1, 0.15) is 12.6 Å². The molecular formula is C6H6F3N2. The first kappa shape index (κ1) is 8.10. The van der Waals surface area contributed by atoms with Gasteiger partial charge in [-0.05, 0) is 13.0 Å². The highest BCUT2D eigenvalue weighted by atomic mass is 19.4. The maximum absolute atomic E-state index is 11.8. The molecule has 1 aromatic heterocycles. The van der Waals surface area contributed by atoms with Crippen molar-refractivity contribution in [2.75, 3.05) is 0 Å². The van der Waals surface area contributed by atoms with Crippen LogP contribution in [0.15, 0.2) is 6.07 Å². The average molecular weight is 163 g/mol. The van der Waals surface area contributed by atoms with Crippen LogP contribution < -0.4 is 0 Å². The second-order valence-electron chi connectivity index (χ2n) is 1.97. The highest BCUT2D eigenvalue weighted by molar-refractivity contribution is 5.01. The lowest BCUT2D eigenvalue weighted by Crippen LogP contribution is -2.07. The van der Waals surface area contributed by atoms with Crippen LogP contribution in [-0.2, 0) is 12.7 Å². The zero-order chi connectivity index (χ0) is 8.48. The molecule has 0 aliphatic carbocycles. The molecule has 0 saturated heterocycles. The molecule has 0 aliphatic rings. The molecule has 0 atom stereocenters. The second-order valence-corrected chi connectivity index (χ2v) is 1.97. The van der Waals surface area contributed by atoms with Crippen molar-refractivity contribution in [3.05, 3.63) is 18.0 Å². The van der Waals surface area contributed by atoms with Gasteiger partial charge >= 0.3 is 6.18 Å². The molecule has 0 aromatic carbocycles. The zero-order valence-corrected chi connectivity index (χ0v) is 5.81. The van der Waals surface area contributed by atoms with E-state index in [1.807, 2.05) is 0 Å². The number of halogens is 3. The van der Waals surface area contributed by atoms with E-state index < -0.39 is 11.9 Å². The quantitative estimate of drug-likeness (QED) is 0.616. The van der Waals surface area contributed by atoms with Crippen molar-refractivity contribution in [2.24, 2.45) is 0 Å². The number of hydrogen-bond acceptors (Lipinski definition) is 1. The van der Waals surface area contributed by atoms with Gasteiger partial charge in [0.2, 0.25) is 0 Å². The van der Waals surface area contributed by atoms with E-state index in [4.69, 9.17) is 0 Å². The molecule has 0 amide bonds. The van der Waals surface area contributed by atoms with Crippen molar-refractivity contribution in [3.63, 3.8) is 0 Å². The molecule has 2 nitrogen and oxygen atoms in total. The van der Waals surface area contributed by atoms with Crippen LogP contribution in [-0.4, -0.2) is 9.78 Å². The molecule has 1 heterocycles. The van der Waals surface area contributed by atoms with Crippen molar-refractivity contribution in [1.29, 1.82) is 0 Å². The Bertz CT molecular complexity index is 238. The summed E-state index contributed by atoms with van der Waals surface area (Å²) >= 11 is 0. The molecular weight excluding hydrogens is 157 g/mol. The fourth-order valence-corrected chi connectivity index (χ4v) is 0.624. The van der Waals surface area contributed by atoms with Crippen molar-refractivity contribution in [1.82, 2.24) is 9.78 Å². The third kappa shape index (κ3) is 1.72. The van der Waals surface area contributed by atoms with Crippen molar-refractivity contribution in [2.45, 2.75) is 19.6 Å². The Balaban J connectivity index is 2.89. The summed E-state index contributed by atoms with van der Waals surface area (Å²) < 4.78 is 36.6. The minimum Gasteiger partial charge on any atom is -0.263 e. The van der Waals surface area contributed by atoms with E-state index in [-0.39, 0.29) is 0 Å². The molecule has 0 bridgehead atoms. The van der Waals surface area contributed by atoms with Gasteiger partial charge in [0.1, 0.15) is 0 Å². The Morgan fingerprint density at radius 1 is 1.64 bits per heavy atom. The second kappa shape index (κ2) is 2.56. The summed E-state index contributed by atoms with van der Waals surface area (Å²) in [6, 6.07) is 0.837. The van der Waals surface area contributed by atoms with Crippen LogP contribution >= 0.6 is 0 Å². The van der Waals surface area contributed by atoms with Crippen LogP contribution in [0.5, 0.6) is 0 Å². The van der Waals surface area contributed by atoms with Gasteiger partial charge in [-0.1, -0.05) is 0 Å². The Kier molecular flexibility index (Phi) is 1.89. The molecule has 0 saturated carbocycles. The van der Waals surface area contributed by atoms with Gasteiger partial charge in [0, 0.05) is 6.54 Å². The Hall–Kier alpha value is -1.00. The van der Waals surface area contributed by atoms with E-state index in [2.05, 4.69) is 11.3 Å². The van der Waals surface area contributed by atoms with Crippen LogP contribution in [0.3, 0.4) is 0 Å². The average Bonchev–Trinajstić information content (AvgIpc) is 2.32. The molecule has 0 unspecified atom stereocenters. The normalized spacial score (nSPS) is 12.0. The first-order valence-corrected chi connectivity index (χ1v) is 3.06. The molecule has 0 fully saturated rings. The topological polar surface area (TPSA) is 17.8 Å². The molecule has 11 heavy (non-hydrogen) atoms. The lowest BCUT2D eigenvalue weighted by molar-refractivity contribution is -0.141. The van der Waals surface area contributed by atoms with E-state index in [9.17, 15) is 13.2 Å². The first-order chi connectivity index (χ1) is 5.04. The summed E-state index contributed by atoms with van der Waals surface area (Å²) in [5, 5.41) is 3.24. The molecule has 0 spiro atoms. The highest BCUT2D eigenvalue weighted by Crippen LogP contribution is 2.26. The summed E-state index contributed by atoms with van der Waals surface area (Å²) in [6.45, 7) is 2.10. The van der Waals surface area contributed by atoms with E-state index in [1.165, 1.54) is 0 Å². The van der Waals surface area contributed by atoms with E-state index in [1.54, 1.807) is 6.92 Å². The lowest BCUT2D eigenvalue weighted by Gasteiger charge is -1.99. The van der Waals surface area contributed by atoms with Gasteiger partial charge in [0.15, 0.2) is 5.69 Å². The number of alkyl halides is 3. The predicted octanol–water partition coefficient (Wildman–Crippen LogP) is 1.72. The van der Waals surface area contributed by atoms with Gasteiger partial charge in [0.05, 0.1) is 6.20 Å². The maximum Gasteiger partial charge on any atom is 0.435 e. The fraction of sp³-hybridized carbons (Fsp3) is 0.500. The molecule has 0 aliphatic heterocycles. The van der Waals surface area contributed by atoms with Gasteiger partial charge < -0.3 is 0 Å². The standard InChI is InChI=1S/C6H6F3N2/c1-2-11-4-3-5(10-11)6(7,8)9/h3H,2H2,1H3. The molecule has 61 valence electrons. The third-order valence-electron chi connectivity index (χ3n) is 1.17. The van der Waals surface area contributed by atoms with Crippen molar-refractivity contribution in [3.8, 4) is 0 Å². The molecule has 1 radical (unpaired) electrons. The van der Waals surface area contributed by atoms with Crippen molar-refractivity contribution >= 4 is 0 Å². The monoisotopic (exact) mass is 163 g/mol. The molecule has 0 N–H and O–H groups in total. The van der Waals surface area contributed by atoms with Crippen LogP contribution in [0, 0.1) is 6.20 Å². The Morgan fingerprint density at radius 3 is 2.55 bits per heavy atom. The highest BCUT2D eigenvalue weighted by Gasteiger charge is 2.33. The number of rotatable bonds is 1.